The molecule has 2 aromatic carbocycles. The fourth-order valence-corrected chi connectivity index (χ4v) is 9.03. The maximum absolute atomic E-state index is 14.2. The summed E-state index contributed by atoms with van der Waals surface area (Å²) >= 11 is 0. The highest BCUT2D eigenvalue weighted by molar-refractivity contribution is 6.08. The molecule has 0 radical (unpaired) electrons. The number of carbonyl (C=O) groups is 3. The monoisotopic (exact) mass is 850 g/mol. The minimum atomic E-state index is -2.88. The number of rotatable bonds is 13. The Labute approximate surface area is 354 Å². The van der Waals surface area contributed by atoms with Gasteiger partial charge in [-0.3, -0.25) is 33.5 Å². The first-order valence-corrected chi connectivity index (χ1v) is 21.2. The van der Waals surface area contributed by atoms with Gasteiger partial charge in [0.05, 0.1) is 42.2 Å². The molecule has 1 unspecified atom stereocenters. The fourth-order valence-electron chi connectivity index (χ4n) is 9.03. The summed E-state index contributed by atoms with van der Waals surface area (Å²) < 4.78 is 46.2. The van der Waals surface area contributed by atoms with Gasteiger partial charge < -0.3 is 19.7 Å². The molecule has 3 fully saturated rings. The zero-order valence-corrected chi connectivity index (χ0v) is 34.3. The van der Waals surface area contributed by atoms with E-state index < -0.39 is 30.0 Å². The molecule has 6 heterocycles. The Balaban J connectivity index is 0.771. The number of fused-ring (bicyclic) bond motifs is 2. The van der Waals surface area contributed by atoms with Crippen LogP contribution in [0.15, 0.2) is 71.9 Å². The summed E-state index contributed by atoms with van der Waals surface area (Å²) in [6, 6.07) is 14.9. The van der Waals surface area contributed by atoms with Crippen molar-refractivity contribution in [2.24, 2.45) is 13.0 Å². The molecule has 0 bridgehead atoms. The molecule has 3 amide bonds. The van der Waals surface area contributed by atoms with E-state index in [0.29, 0.717) is 62.4 Å². The van der Waals surface area contributed by atoms with Crippen molar-refractivity contribution in [3.63, 3.8) is 0 Å². The van der Waals surface area contributed by atoms with Gasteiger partial charge in [0.1, 0.15) is 17.4 Å². The summed E-state index contributed by atoms with van der Waals surface area (Å²) in [7, 11) is 1.70. The number of hydrogen-bond donors (Lipinski definition) is 2. The molecule has 2 saturated heterocycles. The maximum atomic E-state index is 14.2. The van der Waals surface area contributed by atoms with Gasteiger partial charge in [-0.2, -0.15) is 10.2 Å². The number of aryl methyl sites for hydroxylation is 2. The van der Waals surface area contributed by atoms with Crippen molar-refractivity contribution in [2.75, 3.05) is 49.7 Å². The molecule has 18 heteroatoms. The smallest absolute Gasteiger partial charge is 0.329 e. The first-order valence-electron chi connectivity index (χ1n) is 21.2. The van der Waals surface area contributed by atoms with Crippen LogP contribution in [-0.4, -0.2) is 90.8 Å². The number of nitrogens with zero attached hydrogens (tertiary/aromatic N) is 8. The molecular weight excluding hydrogens is 803 g/mol. The number of nitrogens with one attached hydrogen (secondary N) is 2. The second-order valence-electron chi connectivity index (χ2n) is 16.3. The number of morpholine rings is 1. The molecule has 9 rings (SSSR count). The highest BCUT2D eigenvalue weighted by Crippen LogP contribution is 2.36. The molecule has 2 aliphatic heterocycles. The average molecular weight is 851 g/mol. The first-order chi connectivity index (χ1) is 30.1. The number of benzene rings is 2. The molecule has 3 aliphatic rings. The number of aromatic nitrogens is 7. The predicted octanol–water partition coefficient (Wildman–Crippen LogP) is 5.63. The van der Waals surface area contributed by atoms with Crippen molar-refractivity contribution in [3.05, 3.63) is 94.4 Å². The molecule has 1 atom stereocenters. The summed E-state index contributed by atoms with van der Waals surface area (Å²) in [5.41, 5.74) is 4.02. The highest BCUT2D eigenvalue weighted by atomic mass is 19.3. The van der Waals surface area contributed by atoms with Crippen LogP contribution in [0.4, 0.5) is 20.3 Å². The molecule has 324 valence electrons. The van der Waals surface area contributed by atoms with E-state index in [9.17, 15) is 28.0 Å². The van der Waals surface area contributed by atoms with Gasteiger partial charge in [0.2, 0.25) is 11.8 Å². The lowest BCUT2D eigenvalue weighted by Crippen LogP contribution is -2.44. The number of para-hydroxylation sites is 1. The van der Waals surface area contributed by atoms with Gasteiger partial charge in [0.25, 0.3) is 12.3 Å². The van der Waals surface area contributed by atoms with Crippen molar-refractivity contribution in [2.45, 2.75) is 69.9 Å². The van der Waals surface area contributed by atoms with Gasteiger partial charge >= 0.3 is 5.69 Å². The molecule has 1 saturated carbocycles. The number of carbonyl (C=O) groups excluding carboxylic acids is 3. The van der Waals surface area contributed by atoms with Crippen LogP contribution in [0.1, 0.15) is 85.1 Å². The molecule has 16 nitrogen and oxygen atoms in total. The number of imide groups is 1. The summed E-state index contributed by atoms with van der Waals surface area (Å²) in [5, 5.41) is 13.5. The topological polar surface area (TPSA) is 172 Å². The second-order valence-corrected chi connectivity index (χ2v) is 16.3. The molecule has 6 aromatic rings. The van der Waals surface area contributed by atoms with E-state index in [1.807, 2.05) is 36.4 Å². The summed E-state index contributed by atoms with van der Waals surface area (Å²) in [4.78, 5) is 58.1. The average Bonchev–Trinajstić information content (AvgIpc) is 3.98. The largest absolute Gasteiger partial charge is 0.381 e. The lowest BCUT2D eigenvalue weighted by atomic mass is 9.86. The summed E-state index contributed by atoms with van der Waals surface area (Å²) in [6.45, 7) is 3.69. The van der Waals surface area contributed by atoms with E-state index >= 15 is 0 Å². The van der Waals surface area contributed by atoms with E-state index in [-0.39, 0.29) is 41.7 Å². The number of hydrogen-bond acceptors (Lipinski definition) is 10. The fraction of sp³-hybridized carbons (Fsp3) is 0.432. The highest BCUT2D eigenvalue weighted by Gasteiger charge is 2.32. The molecule has 62 heavy (non-hydrogen) atoms. The Kier molecular flexibility index (Phi) is 11.7. The van der Waals surface area contributed by atoms with Crippen LogP contribution < -0.4 is 21.2 Å². The standard InChI is InChI=1S/C44H48F2N10O6/c1-52-39-31(8-3-9-34(39)56(44(52)60)35-14-15-37(57)50-43(35)59)29-7-2-5-27(23-29)6-4-20-62-26-28-10-12-30(13-11-28)55-25-33(38(51-55)40(45)46)48-42(58)32-24-47-54-17-16-36(49-41(32)54)53-18-21-61-22-19-53/h2-3,5,7-9,16-17,23-25,28,30,35,40H,4,6,10-15,18-22,26H2,1H3,(H,48,58)(H,50,57,59)/t28-,30-,35?. The van der Waals surface area contributed by atoms with Gasteiger partial charge in [-0.25, -0.2) is 23.1 Å². The number of halogens is 2. The third-order valence-electron chi connectivity index (χ3n) is 12.3. The Bertz CT molecular complexity index is 2690. The zero-order chi connectivity index (χ0) is 42.9. The third kappa shape index (κ3) is 8.23. The number of amides is 3. The van der Waals surface area contributed by atoms with Crippen LogP contribution in [0.3, 0.4) is 0 Å². The Morgan fingerprint density at radius 1 is 1.03 bits per heavy atom. The van der Waals surface area contributed by atoms with E-state index in [0.717, 1.165) is 60.7 Å². The minimum Gasteiger partial charge on any atom is -0.381 e. The van der Waals surface area contributed by atoms with E-state index in [1.165, 1.54) is 21.5 Å². The lowest BCUT2D eigenvalue weighted by molar-refractivity contribution is -0.135. The Morgan fingerprint density at radius 3 is 2.63 bits per heavy atom. The predicted molar refractivity (Wildman–Crippen MR) is 225 cm³/mol. The number of ether oxygens (including phenoxy) is 2. The van der Waals surface area contributed by atoms with E-state index in [2.05, 4.69) is 42.8 Å². The van der Waals surface area contributed by atoms with Crippen LogP contribution in [-0.2, 0) is 32.5 Å². The Morgan fingerprint density at radius 2 is 1.84 bits per heavy atom. The normalized spacial score (nSPS) is 19.7. The van der Waals surface area contributed by atoms with Crippen molar-refractivity contribution >= 4 is 45.9 Å². The second kappa shape index (κ2) is 17.6. The number of anilines is 2. The zero-order valence-electron chi connectivity index (χ0n) is 34.3. The minimum absolute atomic E-state index is 0.0313. The Hall–Kier alpha value is -6.27. The number of imidazole rings is 1. The quantitative estimate of drug-likeness (QED) is 0.110. The summed E-state index contributed by atoms with van der Waals surface area (Å²) in [5.74, 6) is -0.363. The van der Waals surface area contributed by atoms with Crippen LogP contribution >= 0.6 is 0 Å². The molecular formula is C44H48F2N10O6. The van der Waals surface area contributed by atoms with Gasteiger partial charge in [-0.05, 0) is 74.1 Å². The SMILES string of the molecule is Cn1c(=O)n(C2CCC(=O)NC2=O)c2cccc(-c3cccc(CCCOC[C@H]4CC[C@H](n5cc(NC(=O)c6cnn7ccc(N8CCOCC8)nc67)c(C(F)F)n5)CC4)c3)c21. The summed E-state index contributed by atoms with van der Waals surface area (Å²) in [6.07, 6.45) is 7.00. The molecule has 4 aromatic heterocycles. The van der Waals surface area contributed by atoms with Crippen molar-refractivity contribution < 1.29 is 32.6 Å². The molecule has 1 aliphatic carbocycles. The van der Waals surface area contributed by atoms with Gasteiger partial charge in [-0.1, -0.05) is 36.4 Å². The van der Waals surface area contributed by atoms with Gasteiger partial charge in [-0.15, -0.1) is 0 Å². The molecule has 2 N–H and O–H groups in total. The van der Waals surface area contributed by atoms with E-state index in [1.54, 1.807) is 22.5 Å². The number of piperidine rings is 1. The number of alkyl halides is 2. The van der Waals surface area contributed by atoms with Crippen LogP contribution in [0.25, 0.3) is 27.8 Å². The maximum Gasteiger partial charge on any atom is 0.329 e. The first kappa shape index (κ1) is 41.1. The van der Waals surface area contributed by atoms with Crippen molar-refractivity contribution in [3.8, 4) is 11.1 Å². The van der Waals surface area contributed by atoms with Crippen molar-refractivity contribution in [1.29, 1.82) is 0 Å². The van der Waals surface area contributed by atoms with Crippen LogP contribution in [0.5, 0.6) is 0 Å². The van der Waals surface area contributed by atoms with Gasteiger partial charge in [0.15, 0.2) is 11.3 Å². The lowest BCUT2D eigenvalue weighted by Gasteiger charge is -2.28. The van der Waals surface area contributed by atoms with Crippen LogP contribution in [0.2, 0.25) is 0 Å². The van der Waals surface area contributed by atoms with Gasteiger partial charge in [0, 0.05) is 57.7 Å². The van der Waals surface area contributed by atoms with E-state index in [4.69, 9.17) is 9.47 Å². The molecule has 0 spiro atoms. The third-order valence-corrected chi connectivity index (χ3v) is 12.3. The van der Waals surface area contributed by atoms with Crippen LogP contribution in [0, 0.1) is 5.92 Å². The van der Waals surface area contributed by atoms with Crippen molar-refractivity contribution in [1.82, 2.24) is 38.8 Å².